The number of phenolic OH excluding ortho intramolecular Hbond substituents is 1. The molecule has 30 heavy (non-hydrogen) atoms. The molecule has 0 aliphatic carbocycles. The van der Waals surface area contributed by atoms with E-state index >= 15 is 0 Å². The second-order valence-corrected chi connectivity index (χ2v) is 7.91. The third kappa shape index (κ3) is 3.93. The van der Waals surface area contributed by atoms with E-state index in [1.807, 2.05) is 19.9 Å². The third-order valence-corrected chi connectivity index (χ3v) is 5.98. The van der Waals surface area contributed by atoms with E-state index in [2.05, 4.69) is 11.6 Å². The lowest BCUT2D eigenvalue weighted by molar-refractivity contribution is -0.134. The first-order valence-corrected chi connectivity index (χ1v) is 10.1. The van der Waals surface area contributed by atoms with E-state index < -0.39 is 0 Å². The summed E-state index contributed by atoms with van der Waals surface area (Å²) in [4.78, 5) is 17.2. The molecule has 1 fully saturated rings. The van der Waals surface area contributed by atoms with Crippen LogP contribution in [0.15, 0.2) is 36.9 Å². The summed E-state index contributed by atoms with van der Waals surface area (Å²) >= 11 is 0. The Labute approximate surface area is 176 Å². The van der Waals surface area contributed by atoms with Crippen molar-refractivity contribution < 1.29 is 15.0 Å². The van der Waals surface area contributed by atoms with Gasteiger partial charge in [-0.15, -0.1) is 0 Å². The molecule has 0 saturated carbocycles. The van der Waals surface area contributed by atoms with Crippen LogP contribution in [0.4, 0.5) is 5.82 Å². The third-order valence-electron chi connectivity index (χ3n) is 5.98. The zero-order chi connectivity index (χ0) is 22.0. The number of aromatic amines is 1. The average molecular weight is 411 g/mol. The lowest BCUT2D eigenvalue weighted by Crippen LogP contribution is -2.51. The summed E-state index contributed by atoms with van der Waals surface area (Å²) in [6.07, 6.45) is 4.43. The molecule has 3 atom stereocenters. The van der Waals surface area contributed by atoms with Crippen LogP contribution in [0.5, 0.6) is 5.75 Å². The highest BCUT2D eigenvalue weighted by atomic mass is 16.3. The average Bonchev–Trinajstić information content (AvgIpc) is 3.01. The van der Waals surface area contributed by atoms with Gasteiger partial charge in [0.1, 0.15) is 11.6 Å². The number of likely N-dealkylation sites (tertiary alicyclic amines) is 1. The molecule has 7 nitrogen and oxygen atoms in total. The number of amides is 1. The smallest absolute Gasteiger partial charge is 0.246 e. The van der Waals surface area contributed by atoms with Crippen LogP contribution in [-0.4, -0.2) is 44.7 Å². The number of carbonyl (C=O) groups excluding carboxylic acids is 1. The fourth-order valence-electron chi connectivity index (χ4n) is 4.52. The van der Waals surface area contributed by atoms with Gasteiger partial charge in [-0.3, -0.25) is 4.79 Å². The maximum atomic E-state index is 12.2. The molecule has 3 unspecified atom stereocenters. The van der Waals surface area contributed by atoms with Crippen molar-refractivity contribution in [2.24, 2.45) is 5.73 Å². The summed E-state index contributed by atoms with van der Waals surface area (Å²) in [5.41, 5.74) is 16.2. The number of benzene rings is 1. The van der Waals surface area contributed by atoms with E-state index in [4.69, 9.17) is 11.5 Å². The van der Waals surface area contributed by atoms with Crippen LogP contribution in [-0.2, 0) is 4.79 Å². The van der Waals surface area contributed by atoms with Crippen molar-refractivity contribution in [3.05, 3.63) is 59.3 Å². The topological polar surface area (TPSA) is 129 Å². The maximum absolute atomic E-state index is 12.2. The van der Waals surface area contributed by atoms with Crippen molar-refractivity contribution in [3.8, 4) is 5.75 Å². The van der Waals surface area contributed by atoms with Gasteiger partial charge in [-0.25, -0.2) is 0 Å². The Bertz CT molecular complexity index is 979. The van der Waals surface area contributed by atoms with E-state index in [1.165, 1.54) is 6.08 Å². The number of H-pyrrole nitrogens is 1. The van der Waals surface area contributed by atoms with E-state index in [0.29, 0.717) is 23.5 Å². The first-order chi connectivity index (χ1) is 14.3. The molecule has 3 rings (SSSR count). The molecule has 2 heterocycles. The number of hydrogen-bond acceptors (Lipinski definition) is 5. The van der Waals surface area contributed by atoms with E-state index in [9.17, 15) is 15.0 Å². The summed E-state index contributed by atoms with van der Waals surface area (Å²) in [6, 6.07) is 6.56. The number of aromatic nitrogens is 1. The van der Waals surface area contributed by atoms with Crippen LogP contribution in [0, 0.1) is 6.92 Å². The minimum absolute atomic E-state index is 0.0411. The molecular weight excluding hydrogens is 380 g/mol. The second kappa shape index (κ2) is 8.67. The summed E-state index contributed by atoms with van der Waals surface area (Å²) < 4.78 is 0. The fraction of sp³-hybridized carbons (Fsp3) is 0.348. The number of aromatic hydroxyl groups is 1. The number of carbonyl (C=O) groups is 1. The number of aliphatic hydroxyl groups is 1. The molecule has 0 radical (unpaired) electrons. The number of nitrogen functional groups attached to an aromatic ring is 1. The van der Waals surface area contributed by atoms with Crippen molar-refractivity contribution in [2.45, 2.75) is 44.7 Å². The second-order valence-electron chi connectivity index (χ2n) is 7.91. The highest BCUT2D eigenvalue weighted by Gasteiger charge is 2.37. The zero-order valence-corrected chi connectivity index (χ0v) is 17.4. The van der Waals surface area contributed by atoms with Crippen LogP contribution < -0.4 is 11.5 Å². The van der Waals surface area contributed by atoms with Crippen LogP contribution in [0.2, 0.25) is 0 Å². The van der Waals surface area contributed by atoms with E-state index in [0.717, 1.165) is 23.2 Å². The molecule has 1 aromatic heterocycles. The predicted octanol–water partition coefficient (Wildman–Crippen LogP) is 2.71. The Morgan fingerprint density at radius 1 is 1.37 bits per heavy atom. The quantitative estimate of drug-likeness (QED) is 0.484. The first-order valence-electron chi connectivity index (χ1n) is 10.1. The fourth-order valence-corrected chi connectivity index (χ4v) is 4.52. The number of phenols is 1. The number of nitrogens with two attached hydrogens (primary N) is 2. The van der Waals surface area contributed by atoms with Crippen molar-refractivity contribution in [3.63, 3.8) is 0 Å². The molecule has 1 aliphatic heterocycles. The van der Waals surface area contributed by atoms with E-state index in [-0.39, 0.29) is 36.3 Å². The largest absolute Gasteiger partial charge is 0.507 e. The molecular formula is C23H30N4O3. The number of para-hydroxylation sites is 1. The number of hydrogen-bond donors (Lipinski definition) is 5. The van der Waals surface area contributed by atoms with Gasteiger partial charge in [0, 0.05) is 34.5 Å². The molecule has 160 valence electrons. The number of rotatable bonds is 5. The van der Waals surface area contributed by atoms with Crippen molar-refractivity contribution in [1.82, 2.24) is 9.88 Å². The summed E-state index contributed by atoms with van der Waals surface area (Å²) in [6.45, 7) is 7.42. The Kier molecular flexibility index (Phi) is 6.22. The Morgan fingerprint density at radius 2 is 2.07 bits per heavy atom. The number of nitrogens with zero attached hydrogens (tertiary/aromatic N) is 1. The molecule has 2 aromatic rings. The van der Waals surface area contributed by atoms with Crippen LogP contribution in [0.25, 0.3) is 11.8 Å². The number of nitrogens with one attached hydrogen (secondary N) is 1. The molecule has 0 spiro atoms. The predicted molar refractivity (Wildman–Crippen MR) is 119 cm³/mol. The van der Waals surface area contributed by atoms with Crippen molar-refractivity contribution in [1.29, 1.82) is 0 Å². The summed E-state index contributed by atoms with van der Waals surface area (Å²) in [5, 5.41) is 19.9. The van der Waals surface area contributed by atoms with Gasteiger partial charge in [0.15, 0.2) is 0 Å². The van der Waals surface area contributed by atoms with Gasteiger partial charge in [-0.1, -0.05) is 18.7 Å². The van der Waals surface area contributed by atoms with E-state index in [1.54, 1.807) is 29.2 Å². The standard InChI is InChI=1S/C23H30N4O3/c1-4-21(30)27-13(2)9-15(10-16(27)12-28)22-14(3)18(23(25)26-22)11-19(24)17-7-5-6-8-20(17)29/h4-8,11,13,15-16,26,28-29H,1,9-10,12,24-25H2,2-3H3/b19-11-. The molecule has 1 saturated heterocycles. The highest BCUT2D eigenvalue weighted by Crippen LogP contribution is 2.39. The molecule has 1 aliphatic rings. The van der Waals surface area contributed by atoms with Crippen LogP contribution >= 0.6 is 0 Å². The van der Waals surface area contributed by atoms with Crippen molar-refractivity contribution in [2.75, 3.05) is 12.3 Å². The number of piperidine rings is 1. The van der Waals surface area contributed by atoms with Gasteiger partial charge in [0.25, 0.3) is 0 Å². The van der Waals surface area contributed by atoms with Gasteiger partial charge >= 0.3 is 0 Å². The Hall–Kier alpha value is -3.19. The van der Waals surface area contributed by atoms with Gasteiger partial charge in [-0.05, 0) is 56.5 Å². The summed E-state index contributed by atoms with van der Waals surface area (Å²) in [7, 11) is 0. The van der Waals surface area contributed by atoms with Crippen molar-refractivity contribution >= 4 is 23.5 Å². The SMILES string of the molecule is C=CC(=O)N1C(C)CC(c2[nH]c(N)c(/C=C(\N)c3ccccc3O)c2C)CC1CO. The molecule has 1 aromatic carbocycles. The number of aliphatic hydroxyl groups excluding tert-OH is 1. The van der Waals surface area contributed by atoms with Gasteiger partial charge in [-0.2, -0.15) is 0 Å². The monoisotopic (exact) mass is 410 g/mol. The highest BCUT2D eigenvalue weighted by molar-refractivity contribution is 5.88. The Morgan fingerprint density at radius 3 is 2.70 bits per heavy atom. The summed E-state index contributed by atoms with van der Waals surface area (Å²) in [5.74, 6) is 0.555. The minimum Gasteiger partial charge on any atom is -0.507 e. The molecule has 7 N–H and O–H groups in total. The minimum atomic E-state index is -0.279. The molecule has 1 amide bonds. The maximum Gasteiger partial charge on any atom is 0.246 e. The van der Waals surface area contributed by atoms with Gasteiger partial charge in [0.2, 0.25) is 5.91 Å². The molecule has 7 heteroatoms. The Balaban J connectivity index is 1.92. The van der Waals surface area contributed by atoms with Crippen LogP contribution in [0.3, 0.4) is 0 Å². The molecule has 0 bridgehead atoms. The lowest BCUT2D eigenvalue weighted by Gasteiger charge is -2.43. The number of anilines is 1. The lowest BCUT2D eigenvalue weighted by atomic mass is 9.83. The first kappa shape index (κ1) is 21.5. The van der Waals surface area contributed by atoms with Gasteiger partial charge in [0.05, 0.1) is 12.6 Å². The zero-order valence-electron chi connectivity index (χ0n) is 17.4. The van der Waals surface area contributed by atoms with Gasteiger partial charge < -0.3 is 31.6 Å². The van der Waals surface area contributed by atoms with Crippen LogP contribution in [0.1, 0.15) is 48.1 Å². The normalized spacial score (nSPS) is 22.2.